The van der Waals surface area contributed by atoms with Crippen molar-refractivity contribution in [3.63, 3.8) is 0 Å². The van der Waals surface area contributed by atoms with Crippen LogP contribution in [0.3, 0.4) is 0 Å². The first-order chi connectivity index (χ1) is 5.22. The van der Waals surface area contributed by atoms with Gasteiger partial charge >= 0.3 is 0 Å². The maximum atomic E-state index is 11.1. The third kappa shape index (κ3) is 4.59. The van der Waals surface area contributed by atoms with E-state index < -0.39 is 0 Å². The number of amides is 1. The molecule has 0 rings (SSSR count). The minimum atomic E-state index is 0.227. The van der Waals surface area contributed by atoms with Gasteiger partial charge in [0.25, 0.3) is 0 Å². The molecular formula is C9H17NO. The second kappa shape index (κ2) is 5.96. The fraction of sp³-hybridized carbons (Fsp3) is 0.667. The smallest absolute Gasteiger partial charge is 0.222 e. The normalized spacial score (nSPS) is 10.5. The van der Waals surface area contributed by atoms with Crippen molar-refractivity contribution < 1.29 is 4.79 Å². The molecule has 2 heteroatoms. The highest BCUT2D eigenvalue weighted by atomic mass is 16.2. The molecule has 11 heavy (non-hydrogen) atoms. The van der Waals surface area contributed by atoms with E-state index >= 15 is 0 Å². The molecule has 1 amide bonds. The van der Waals surface area contributed by atoms with Crippen LogP contribution in [-0.4, -0.2) is 24.4 Å². The highest BCUT2D eigenvalue weighted by Crippen LogP contribution is 1.94. The molecule has 0 fully saturated rings. The van der Waals surface area contributed by atoms with Crippen molar-refractivity contribution in [3.8, 4) is 0 Å². The quantitative estimate of drug-likeness (QED) is 0.567. The molecule has 2 nitrogen and oxygen atoms in total. The van der Waals surface area contributed by atoms with Crippen LogP contribution in [0.1, 0.15) is 26.7 Å². The van der Waals surface area contributed by atoms with Gasteiger partial charge in [0.15, 0.2) is 0 Å². The number of nitrogens with zero attached hydrogens (tertiary/aromatic N) is 1. The number of carbonyl (C=O) groups is 1. The second-order valence-electron chi connectivity index (χ2n) is 2.59. The van der Waals surface area contributed by atoms with Crippen molar-refractivity contribution in [2.75, 3.05) is 13.6 Å². The van der Waals surface area contributed by atoms with Crippen LogP contribution >= 0.6 is 0 Å². The third-order valence-corrected chi connectivity index (χ3v) is 1.50. The molecule has 64 valence electrons. The van der Waals surface area contributed by atoms with Crippen LogP contribution < -0.4 is 0 Å². The van der Waals surface area contributed by atoms with E-state index in [2.05, 4.69) is 0 Å². The average molecular weight is 155 g/mol. The van der Waals surface area contributed by atoms with Crippen LogP contribution in [-0.2, 0) is 4.79 Å². The number of rotatable bonds is 4. The summed E-state index contributed by atoms with van der Waals surface area (Å²) in [4.78, 5) is 12.9. The Morgan fingerprint density at radius 2 is 2.18 bits per heavy atom. The molecule has 0 aromatic heterocycles. The fourth-order valence-corrected chi connectivity index (χ4v) is 0.770. The highest BCUT2D eigenvalue weighted by Gasteiger charge is 2.03. The molecule has 0 bridgehead atoms. The monoisotopic (exact) mass is 155 g/mol. The fourth-order valence-electron chi connectivity index (χ4n) is 0.770. The van der Waals surface area contributed by atoms with Crippen molar-refractivity contribution in [2.45, 2.75) is 26.7 Å². The largest absolute Gasteiger partial charge is 0.342 e. The zero-order valence-electron chi connectivity index (χ0n) is 7.63. The Hall–Kier alpha value is -0.790. The van der Waals surface area contributed by atoms with Crippen molar-refractivity contribution in [3.05, 3.63) is 12.2 Å². The molecule has 0 N–H and O–H groups in total. The predicted molar refractivity (Wildman–Crippen MR) is 47.4 cm³/mol. The van der Waals surface area contributed by atoms with E-state index in [1.165, 1.54) is 0 Å². The first-order valence-corrected chi connectivity index (χ1v) is 4.07. The summed E-state index contributed by atoms with van der Waals surface area (Å²) >= 11 is 0. The van der Waals surface area contributed by atoms with Crippen molar-refractivity contribution in [2.24, 2.45) is 0 Å². The zero-order chi connectivity index (χ0) is 8.69. The number of allylic oxidation sites excluding steroid dienone is 1. The second-order valence-corrected chi connectivity index (χ2v) is 2.59. The summed E-state index contributed by atoms with van der Waals surface area (Å²) in [6.45, 7) is 4.70. The van der Waals surface area contributed by atoms with E-state index in [0.29, 0.717) is 6.42 Å². The van der Waals surface area contributed by atoms with Crippen molar-refractivity contribution in [1.29, 1.82) is 0 Å². The van der Waals surface area contributed by atoms with Gasteiger partial charge in [0.2, 0.25) is 5.91 Å². The standard InChI is InChI=1S/C9H17NO/c1-4-6-8-10(3)9(11)7-5-2/h4,6H,5,7-8H2,1-3H3/b6-4-. The van der Waals surface area contributed by atoms with Gasteiger partial charge in [-0.05, 0) is 13.3 Å². The summed E-state index contributed by atoms with van der Waals surface area (Å²) in [5, 5.41) is 0. The summed E-state index contributed by atoms with van der Waals surface area (Å²) in [7, 11) is 1.83. The summed E-state index contributed by atoms with van der Waals surface area (Å²) in [6, 6.07) is 0. The Balaban J connectivity index is 3.63. The van der Waals surface area contributed by atoms with Gasteiger partial charge in [-0.3, -0.25) is 4.79 Å². The maximum Gasteiger partial charge on any atom is 0.222 e. The van der Waals surface area contributed by atoms with E-state index in [9.17, 15) is 4.79 Å². The van der Waals surface area contributed by atoms with Gasteiger partial charge in [-0.1, -0.05) is 19.1 Å². The summed E-state index contributed by atoms with van der Waals surface area (Å²) in [6.07, 6.45) is 5.52. The lowest BCUT2D eigenvalue weighted by Crippen LogP contribution is -2.26. The van der Waals surface area contributed by atoms with Gasteiger partial charge in [0.05, 0.1) is 0 Å². The Morgan fingerprint density at radius 3 is 2.64 bits per heavy atom. The van der Waals surface area contributed by atoms with Gasteiger partial charge in [0, 0.05) is 20.0 Å². The van der Waals surface area contributed by atoms with Gasteiger partial charge in [-0.15, -0.1) is 0 Å². The van der Waals surface area contributed by atoms with Gasteiger partial charge in [-0.2, -0.15) is 0 Å². The molecule has 0 unspecified atom stereocenters. The van der Waals surface area contributed by atoms with Crippen LogP contribution in [0, 0.1) is 0 Å². The van der Waals surface area contributed by atoms with Crippen molar-refractivity contribution in [1.82, 2.24) is 4.90 Å². The molecule has 0 aromatic rings. The minimum absolute atomic E-state index is 0.227. The summed E-state index contributed by atoms with van der Waals surface area (Å²) in [5.41, 5.74) is 0. The molecule has 0 atom stereocenters. The number of likely N-dealkylation sites (N-methyl/N-ethyl adjacent to an activating group) is 1. The lowest BCUT2D eigenvalue weighted by molar-refractivity contribution is -0.129. The van der Waals surface area contributed by atoms with Crippen LogP contribution in [0.5, 0.6) is 0 Å². The molecule has 0 spiro atoms. The topological polar surface area (TPSA) is 20.3 Å². The van der Waals surface area contributed by atoms with Gasteiger partial charge < -0.3 is 4.90 Å². The molecule has 0 saturated carbocycles. The Kier molecular flexibility index (Phi) is 5.53. The third-order valence-electron chi connectivity index (χ3n) is 1.50. The zero-order valence-corrected chi connectivity index (χ0v) is 7.63. The molecular weight excluding hydrogens is 138 g/mol. The van der Waals surface area contributed by atoms with Crippen LogP contribution in [0.2, 0.25) is 0 Å². The van der Waals surface area contributed by atoms with E-state index in [1.807, 2.05) is 33.0 Å². The van der Waals surface area contributed by atoms with Crippen LogP contribution in [0.15, 0.2) is 12.2 Å². The Labute approximate surface area is 68.9 Å². The first-order valence-electron chi connectivity index (χ1n) is 4.07. The maximum absolute atomic E-state index is 11.1. The SMILES string of the molecule is C/C=C\CN(C)C(=O)CCC. The van der Waals surface area contributed by atoms with E-state index in [-0.39, 0.29) is 5.91 Å². The molecule has 0 aliphatic carbocycles. The molecule has 0 radical (unpaired) electrons. The van der Waals surface area contributed by atoms with E-state index in [0.717, 1.165) is 13.0 Å². The van der Waals surface area contributed by atoms with Crippen molar-refractivity contribution >= 4 is 5.91 Å². The highest BCUT2D eigenvalue weighted by molar-refractivity contribution is 5.75. The molecule has 0 aliphatic rings. The molecule has 0 heterocycles. The number of carbonyl (C=O) groups excluding carboxylic acids is 1. The summed E-state index contributed by atoms with van der Waals surface area (Å²) in [5.74, 6) is 0.227. The number of hydrogen-bond donors (Lipinski definition) is 0. The molecule has 0 saturated heterocycles. The van der Waals surface area contributed by atoms with E-state index in [4.69, 9.17) is 0 Å². The molecule has 0 aliphatic heterocycles. The van der Waals surface area contributed by atoms with Gasteiger partial charge in [0.1, 0.15) is 0 Å². The van der Waals surface area contributed by atoms with Crippen LogP contribution in [0.4, 0.5) is 0 Å². The predicted octanol–water partition coefficient (Wildman–Crippen LogP) is 1.82. The average Bonchev–Trinajstić information content (AvgIpc) is 2.00. The van der Waals surface area contributed by atoms with Gasteiger partial charge in [-0.25, -0.2) is 0 Å². The minimum Gasteiger partial charge on any atom is -0.342 e. The lowest BCUT2D eigenvalue weighted by atomic mass is 10.3. The number of hydrogen-bond acceptors (Lipinski definition) is 1. The Morgan fingerprint density at radius 1 is 1.55 bits per heavy atom. The lowest BCUT2D eigenvalue weighted by Gasteiger charge is -2.13. The van der Waals surface area contributed by atoms with Crippen LogP contribution in [0.25, 0.3) is 0 Å². The first kappa shape index (κ1) is 10.2. The molecule has 0 aromatic carbocycles. The Bertz CT molecular complexity index is 140. The van der Waals surface area contributed by atoms with E-state index in [1.54, 1.807) is 4.90 Å². The summed E-state index contributed by atoms with van der Waals surface area (Å²) < 4.78 is 0.